The number of Topliss-reactive ketones (excluding diaryl/α,β-unsaturated/α-hetero) is 1. The molecule has 25 heavy (non-hydrogen) atoms. The predicted molar refractivity (Wildman–Crippen MR) is 96.9 cm³/mol. The van der Waals surface area contributed by atoms with Gasteiger partial charge in [0.1, 0.15) is 5.78 Å². The fourth-order valence-electron chi connectivity index (χ4n) is 8.03. The van der Waals surface area contributed by atoms with Crippen LogP contribution in [0.4, 0.5) is 0 Å². The second kappa shape index (κ2) is 4.76. The number of hydrogen-bond donors (Lipinski definition) is 0. The second-order valence-corrected chi connectivity index (χ2v) is 9.40. The number of carbonyl (C=O) groups excluding carboxylic acids is 1. The summed E-state index contributed by atoms with van der Waals surface area (Å²) >= 11 is 0. The van der Waals surface area contributed by atoms with E-state index in [2.05, 4.69) is 31.2 Å². The van der Waals surface area contributed by atoms with Crippen molar-refractivity contribution in [3.8, 4) is 0 Å². The molecule has 0 saturated heterocycles. The molecular formula is C23H28O2. The normalized spacial score (nSPS) is 52.2. The smallest absolute Gasteiger partial charge is 0.137 e. The molecule has 1 heterocycles. The summed E-state index contributed by atoms with van der Waals surface area (Å²) in [7, 11) is 0. The molecule has 0 aromatic carbocycles. The largest absolute Gasteiger partial charge is 0.366 e. The third-order valence-electron chi connectivity index (χ3n) is 8.90. The van der Waals surface area contributed by atoms with Crippen LogP contribution >= 0.6 is 0 Å². The molecule has 6 aliphatic rings. The fourth-order valence-corrected chi connectivity index (χ4v) is 8.03. The van der Waals surface area contributed by atoms with E-state index in [0.717, 1.165) is 37.2 Å². The Balaban J connectivity index is 1.42. The molecule has 1 aliphatic heterocycles. The van der Waals surface area contributed by atoms with Crippen molar-refractivity contribution in [3.63, 3.8) is 0 Å². The van der Waals surface area contributed by atoms with E-state index in [-0.39, 0.29) is 5.60 Å². The quantitative estimate of drug-likeness (QED) is 0.653. The van der Waals surface area contributed by atoms with E-state index in [4.69, 9.17) is 4.74 Å². The SMILES string of the molecule is CC[C@]12CCC3C4=C(C=CC3C1C1CC1[C@@]21C=CCO1)CC(=O)CC4. The van der Waals surface area contributed by atoms with E-state index in [1.807, 2.05) is 0 Å². The zero-order chi connectivity index (χ0) is 16.8. The molecule has 0 aromatic heterocycles. The zero-order valence-electron chi connectivity index (χ0n) is 15.2. The highest BCUT2D eigenvalue weighted by Gasteiger charge is 2.76. The number of hydrogen-bond acceptors (Lipinski definition) is 2. The summed E-state index contributed by atoms with van der Waals surface area (Å²) in [5.41, 5.74) is 3.42. The first kappa shape index (κ1) is 15.0. The molecule has 0 radical (unpaired) electrons. The molecule has 2 nitrogen and oxygen atoms in total. The van der Waals surface area contributed by atoms with Crippen LogP contribution in [0.15, 0.2) is 35.5 Å². The Morgan fingerprint density at radius 2 is 2.24 bits per heavy atom. The van der Waals surface area contributed by atoms with E-state index >= 15 is 0 Å². The van der Waals surface area contributed by atoms with Crippen molar-refractivity contribution < 1.29 is 9.53 Å². The summed E-state index contributed by atoms with van der Waals surface area (Å²) in [5, 5.41) is 0. The molecule has 3 saturated carbocycles. The molecule has 1 spiro atoms. The average Bonchev–Trinajstić information content (AvgIpc) is 3.20. The molecule has 0 amide bonds. The number of rotatable bonds is 1. The Bertz CT molecular complexity index is 743. The van der Waals surface area contributed by atoms with E-state index < -0.39 is 0 Å². The van der Waals surface area contributed by atoms with E-state index in [1.54, 1.807) is 5.57 Å². The molecule has 2 heteroatoms. The fraction of sp³-hybridized carbons (Fsp3) is 0.696. The average molecular weight is 336 g/mol. The third kappa shape index (κ3) is 1.64. The lowest BCUT2D eigenvalue weighted by Crippen LogP contribution is -2.54. The van der Waals surface area contributed by atoms with Crippen LogP contribution in [-0.2, 0) is 9.53 Å². The van der Waals surface area contributed by atoms with Crippen LogP contribution in [0.3, 0.4) is 0 Å². The highest BCUT2D eigenvalue weighted by molar-refractivity contribution is 5.83. The van der Waals surface area contributed by atoms with Crippen LogP contribution in [-0.4, -0.2) is 18.0 Å². The third-order valence-corrected chi connectivity index (χ3v) is 8.90. The van der Waals surface area contributed by atoms with Crippen molar-refractivity contribution in [1.82, 2.24) is 0 Å². The lowest BCUT2D eigenvalue weighted by atomic mass is 9.50. The van der Waals surface area contributed by atoms with Crippen molar-refractivity contribution in [2.45, 2.75) is 57.5 Å². The number of carbonyl (C=O) groups is 1. The Labute approximate surface area is 150 Å². The maximum absolute atomic E-state index is 11.9. The van der Waals surface area contributed by atoms with Gasteiger partial charge in [0.15, 0.2) is 0 Å². The van der Waals surface area contributed by atoms with Gasteiger partial charge in [0, 0.05) is 18.3 Å². The topological polar surface area (TPSA) is 26.3 Å². The number of fused-ring (bicyclic) bond motifs is 8. The van der Waals surface area contributed by atoms with Gasteiger partial charge in [-0.1, -0.05) is 36.8 Å². The predicted octanol–water partition coefficient (Wildman–Crippen LogP) is 4.62. The highest BCUT2D eigenvalue weighted by Crippen LogP contribution is 2.77. The van der Waals surface area contributed by atoms with Crippen LogP contribution in [0.25, 0.3) is 0 Å². The number of allylic oxidation sites excluding steroid dienone is 4. The summed E-state index contributed by atoms with van der Waals surface area (Å²) in [6.45, 7) is 3.23. The van der Waals surface area contributed by atoms with Gasteiger partial charge < -0.3 is 4.74 Å². The Morgan fingerprint density at radius 3 is 3.04 bits per heavy atom. The lowest BCUT2D eigenvalue weighted by molar-refractivity contribution is -0.127. The van der Waals surface area contributed by atoms with Crippen molar-refractivity contribution in [3.05, 3.63) is 35.5 Å². The Kier molecular flexibility index (Phi) is 2.85. The highest BCUT2D eigenvalue weighted by atomic mass is 16.5. The van der Waals surface area contributed by atoms with Crippen LogP contribution in [0, 0.1) is 35.0 Å². The molecular weight excluding hydrogens is 308 g/mol. The molecule has 5 aliphatic carbocycles. The first-order valence-corrected chi connectivity index (χ1v) is 10.4. The van der Waals surface area contributed by atoms with Crippen LogP contribution < -0.4 is 0 Å². The van der Waals surface area contributed by atoms with Gasteiger partial charge in [-0.25, -0.2) is 0 Å². The minimum atomic E-state index is 0.0487. The van der Waals surface area contributed by atoms with Crippen LogP contribution in [0.5, 0.6) is 0 Å². The van der Waals surface area contributed by atoms with Gasteiger partial charge in [0.05, 0.1) is 12.2 Å². The van der Waals surface area contributed by atoms with Gasteiger partial charge in [0.25, 0.3) is 0 Å². The van der Waals surface area contributed by atoms with Crippen LogP contribution in [0.1, 0.15) is 51.9 Å². The first-order chi connectivity index (χ1) is 12.2. The van der Waals surface area contributed by atoms with Crippen molar-refractivity contribution in [1.29, 1.82) is 0 Å². The van der Waals surface area contributed by atoms with Crippen molar-refractivity contribution in [2.24, 2.45) is 35.0 Å². The summed E-state index contributed by atoms with van der Waals surface area (Å²) in [6.07, 6.45) is 17.3. The second-order valence-electron chi connectivity index (χ2n) is 9.40. The van der Waals surface area contributed by atoms with Crippen LogP contribution in [0.2, 0.25) is 0 Å². The van der Waals surface area contributed by atoms with E-state index in [0.29, 0.717) is 29.5 Å². The minimum Gasteiger partial charge on any atom is -0.366 e. The first-order valence-electron chi connectivity index (χ1n) is 10.4. The zero-order valence-corrected chi connectivity index (χ0v) is 15.2. The standard InChI is InChI=1S/C23H28O2/c1-2-22-10-8-17-16-7-5-15(24)12-14(16)4-6-18(17)21(22)19-13-20(19)23(22)9-3-11-25-23/h3-4,6,9,17-21H,2,5,7-8,10-13H2,1H3/t17?,18?,19?,20?,21?,22-,23-/m0/s1. The number of ketones is 1. The maximum Gasteiger partial charge on any atom is 0.137 e. The molecule has 0 aromatic rings. The summed E-state index contributed by atoms with van der Waals surface area (Å²) < 4.78 is 6.53. The Morgan fingerprint density at radius 1 is 1.32 bits per heavy atom. The van der Waals surface area contributed by atoms with Gasteiger partial charge in [-0.3, -0.25) is 4.79 Å². The summed E-state index contributed by atoms with van der Waals surface area (Å²) in [5.74, 6) is 4.26. The van der Waals surface area contributed by atoms with Gasteiger partial charge in [-0.15, -0.1) is 0 Å². The van der Waals surface area contributed by atoms with Gasteiger partial charge in [-0.2, -0.15) is 0 Å². The minimum absolute atomic E-state index is 0.0487. The van der Waals surface area contributed by atoms with E-state index in [9.17, 15) is 4.79 Å². The summed E-state index contributed by atoms with van der Waals surface area (Å²) in [6, 6.07) is 0. The molecule has 3 fully saturated rings. The maximum atomic E-state index is 11.9. The van der Waals surface area contributed by atoms with Crippen molar-refractivity contribution >= 4 is 5.78 Å². The molecule has 0 N–H and O–H groups in total. The van der Waals surface area contributed by atoms with E-state index in [1.165, 1.54) is 31.3 Å². The molecule has 6 rings (SSSR count). The monoisotopic (exact) mass is 336 g/mol. The number of ether oxygens (including phenoxy) is 1. The van der Waals surface area contributed by atoms with Gasteiger partial charge >= 0.3 is 0 Å². The Hall–Kier alpha value is -1.15. The molecule has 7 atom stereocenters. The molecule has 132 valence electrons. The molecule has 5 unspecified atom stereocenters. The van der Waals surface area contributed by atoms with Crippen molar-refractivity contribution in [2.75, 3.05) is 6.61 Å². The lowest BCUT2D eigenvalue weighted by Gasteiger charge is -2.56. The summed E-state index contributed by atoms with van der Waals surface area (Å²) in [4.78, 5) is 11.9. The van der Waals surface area contributed by atoms with Gasteiger partial charge in [0.2, 0.25) is 0 Å². The van der Waals surface area contributed by atoms with Gasteiger partial charge in [-0.05, 0) is 67.3 Å². The molecule has 0 bridgehead atoms.